The number of carbonyl (C=O) groups excluding carboxylic acids is 1. The zero-order valence-corrected chi connectivity index (χ0v) is 11.3. The van der Waals surface area contributed by atoms with Crippen molar-refractivity contribution in [1.29, 1.82) is 0 Å². The number of carbonyl (C=O) groups is 1. The monoisotopic (exact) mass is 300 g/mol. The second kappa shape index (κ2) is 6.13. The Morgan fingerprint density at radius 1 is 1.52 bits per heavy atom. The highest BCUT2D eigenvalue weighted by Crippen LogP contribution is 2.24. The van der Waals surface area contributed by atoms with E-state index in [1.54, 1.807) is 0 Å². The summed E-state index contributed by atoms with van der Waals surface area (Å²) in [5.74, 6) is -3.52. The van der Waals surface area contributed by atoms with Gasteiger partial charge in [-0.15, -0.1) is 0 Å². The van der Waals surface area contributed by atoms with Gasteiger partial charge in [0, 0.05) is 26.3 Å². The lowest BCUT2D eigenvalue weighted by Crippen LogP contribution is -2.35. The molecule has 8 heteroatoms. The summed E-state index contributed by atoms with van der Waals surface area (Å²) in [6.07, 6.45) is 1.45. The van der Waals surface area contributed by atoms with Gasteiger partial charge in [-0.25, -0.2) is 4.39 Å². The van der Waals surface area contributed by atoms with E-state index in [0.29, 0.717) is 18.7 Å². The lowest BCUT2D eigenvalue weighted by Gasteiger charge is -2.21. The first-order valence-corrected chi connectivity index (χ1v) is 6.41. The fourth-order valence-corrected chi connectivity index (χ4v) is 2.25. The van der Waals surface area contributed by atoms with Gasteiger partial charge in [-0.05, 0) is 18.9 Å². The normalized spacial score (nSPS) is 17.8. The average molecular weight is 300 g/mol. The molecule has 1 aliphatic heterocycles. The van der Waals surface area contributed by atoms with Gasteiger partial charge in [0.2, 0.25) is 5.82 Å². The number of nitrogens with zero attached hydrogens (tertiary/aromatic N) is 2. The van der Waals surface area contributed by atoms with Gasteiger partial charge in [-0.2, -0.15) is 4.39 Å². The van der Waals surface area contributed by atoms with Gasteiger partial charge in [0.1, 0.15) is 11.4 Å². The molecule has 1 amide bonds. The van der Waals surface area contributed by atoms with Crippen LogP contribution in [0.5, 0.6) is 0 Å². The van der Waals surface area contributed by atoms with Gasteiger partial charge in [0.15, 0.2) is 0 Å². The molecule has 0 spiro atoms. The van der Waals surface area contributed by atoms with Crippen molar-refractivity contribution in [2.75, 3.05) is 20.2 Å². The molecular formula is C13H14F2N2O4. The van der Waals surface area contributed by atoms with Crippen LogP contribution in [0.3, 0.4) is 0 Å². The Morgan fingerprint density at radius 3 is 2.81 bits per heavy atom. The Labute approximate surface area is 119 Å². The highest BCUT2D eigenvalue weighted by Gasteiger charge is 2.29. The molecule has 0 aliphatic carbocycles. The van der Waals surface area contributed by atoms with Crippen LogP contribution < -0.4 is 0 Å². The van der Waals surface area contributed by atoms with Crippen LogP contribution in [0.4, 0.5) is 14.5 Å². The summed E-state index contributed by atoms with van der Waals surface area (Å²) in [7, 11) is 1.38. The molecule has 2 rings (SSSR count). The van der Waals surface area contributed by atoms with Gasteiger partial charge in [-0.3, -0.25) is 14.9 Å². The quantitative estimate of drug-likeness (QED) is 0.630. The highest BCUT2D eigenvalue weighted by molar-refractivity contribution is 5.95. The Bertz CT molecular complexity index is 574. The third kappa shape index (κ3) is 3.15. The largest absolute Gasteiger partial charge is 0.376 e. The smallest absolute Gasteiger partial charge is 0.305 e. The molecule has 0 radical (unpaired) electrons. The maximum Gasteiger partial charge on any atom is 0.305 e. The second-order valence-electron chi connectivity index (χ2n) is 4.83. The Kier molecular flexibility index (Phi) is 4.46. The van der Waals surface area contributed by atoms with E-state index in [4.69, 9.17) is 4.74 Å². The zero-order chi connectivity index (χ0) is 15.6. The Morgan fingerprint density at radius 2 is 2.24 bits per heavy atom. The molecule has 0 N–H and O–H groups in total. The number of nitro groups is 1. The molecule has 1 atom stereocenters. The molecule has 0 aromatic heterocycles. The molecule has 1 aromatic carbocycles. The van der Waals surface area contributed by atoms with Gasteiger partial charge in [0.05, 0.1) is 11.0 Å². The molecule has 1 aromatic rings. The van der Waals surface area contributed by atoms with E-state index >= 15 is 0 Å². The summed E-state index contributed by atoms with van der Waals surface area (Å²) >= 11 is 0. The van der Waals surface area contributed by atoms with E-state index in [-0.39, 0.29) is 12.6 Å². The van der Waals surface area contributed by atoms with Crippen molar-refractivity contribution < 1.29 is 23.2 Å². The zero-order valence-electron chi connectivity index (χ0n) is 11.3. The van der Waals surface area contributed by atoms with E-state index < -0.39 is 33.7 Å². The number of likely N-dealkylation sites (N-methyl/N-ethyl adjacent to an activating group) is 1. The van der Waals surface area contributed by atoms with E-state index in [0.717, 1.165) is 17.7 Å². The lowest BCUT2D eigenvalue weighted by atomic mass is 10.1. The highest BCUT2D eigenvalue weighted by atomic mass is 19.1. The molecule has 0 saturated carbocycles. The molecule has 1 saturated heterocycles. The molecule has 6 nitrogen and oxygen atoms in total. The number of hydrogen-bond acceptors (Lipinski definition) is 4. The third-order valence-electron chi connectivity index (χ3n) is 3.33. The first kappa shape index (κ1) is 15.3. The van der Waals surface area contributed by atoms with Crippen LogP contribution >= 0.6 is 0 Å². The maximum absolute atomic E-state index is 13.9. The van der Waals surface area contributed by atoms with Crippen LogP contribution in [0.1, 0.15) is 23.2 Å². The van der Waals surface area contributed by atoms with E-state index in [2.05, 4.69) is 0 Å². The van der Waals surface area contributed by atoms with Gasteiger partial charge < -0.3 is 9.64 Å². The van der Waals surface area contributed by atoms with E-state index in [9.17, 15) is 23.7 Å². The fraction of sp³-hybridized carbons (Fsp3) is 0.462. The Balaban J connectivity index is 2.25. The number of ether oxygens (including phenoxy) is 1. The number of benzene rings is 1. The third-order valence-corrected chi connectivity index (χ3v) is 3.33. The fourth-order valence-electron chi connectivity index (χ4n) is 2.25. The number of nitro benzene ring substituents is 1. The molecular weight excluding hydrogens is 286 g/mol. The molecule has 1 aliphatic rings. The minimum Gasteiger partial charge on any atom is -0.376 e. The van der Waals surface area contributed by atoms with E-state index in [1.165, 1.54) is 7.05 Å². The minimum atomic E-state index is -1.45. The topological polar surface area (TPSA) is 72.7 Å². The first-order valence-electron chi connectivity index (χ1n) is 6.41. The lowest BCUT2D eigenvalue weighted by molar-refractivity contribution is -0.387. The van der Waals surface area contributed by atoms with Crippen molar-refractivity contribution in [2.45, 2.75) is 18.9 Å². The standard InChI is InChI=1S/C13H14F2N2O4/c1-16(7-8-3-2-6-21-8)13(18)11-9(14)4-5-10(12(11)15)17(19)20/h4-5,8H,2-3,6-7H2,1H3. The molecule has 114 valence electrons. The maximum atomic E-state index is 13.9. The summed E-state index contributed by atoms with van der Waals surface area (Å²) in [6.45, 7) is 0.770. The molecule has 1 heterocycles. The van der Waals surface area contributed by atoms with Crippen molar-refractivity contribution in [3.05, 3.63) is 39.4 Å². The summed E-state index contributed by atoms with van der Waals surface area (Å²) in [4.78, 5) is 22.9. The summed E-state index contributed by atoms with van der Waals surface area (Å²) in [6, 6.07) is 1.41. The van der Waals surface area contributed by atoms with Crippen LogP contribution in [0, 0.1) is 21.7 Å². The van der Waals surface area contributed by atoms with Crippen molar-refractivity contribution in [1.82, 2.24) is 4.90 Å². The van der Waals surface area contributed by atoms with Crippen LogP contribution in [-0.2, 0) is 4.74 Å². The molecule has 21 heavy (non-hydrogen) atoms. The Hall–Kier alpha value is -2.09. The van der Waals surface area contributed by atoms with Crippen molar-refractivity contribution >= 4 is 11.6 Å². The number of hydrogen-bond donors (Lipinski definition) is 0. The van der Waals surface area contributed by atoms with E-state index in [1.807, 2.05) is 0 Å². The van der Waals surface area contributed by atoms with Gasteiger partial charge in [-0.1, -0.05) is 0 Å². The number of rotatable bonds is 4. The summed E-state index contributed by atoms with van der Waals surface area (Å²) < 4.78 is 33.0. The van der Waals surface area contributed by atoms with Crippen molar-refractivity contribution in [2.24, 2.45) is 0 Å². The predicted molar refractivity (Wildman–Crippen MR) is 68.9 cm³/mol. The number of amides is 1. The molecule has 1 fully saturated rings. The van der Waals surface area contributed by atoms with Crippen molar-refractivity contribution in [3.63, 3.8) is 0 Å². The summed E-state index contributed by atoms with van der Waals surface area (Å²) in [5, 5.41) is 10.7. The van der Waals surface area contributed by atoms with Gasteiger partial charge >= 0.3 is 5.69 Å². The van der Waals surface area contributed by atoms with Crippen LogP contribution in [0.2, 0.25) is 0 Å². The number of halogens is 2. The van der Waals surface area contributed by atoms with Gasteiger partial charge in [0.25, 0.3) is 5.91 Å². The first-order chi connectivity index (χ1) is 9.91. The van der Waals surface area contributed by atoms with Crippen LogP contribution in [0.15, 0.2) is 12.1 Å². The molecule has 1 unspecified atom stereocenters. The molecule has 0 bridgehead atoms. The minimum absolute atomic E-state index is 0.177. The predicted octanol–water partition coefficient (Wildman–Crippen LogP) is 2.12. The van der Waals surface area contributed by atoms with Crippen LogP contribution in [0.25, 0.3) is 0 Å². The summed E-state index contributed by atoms with van der Waals surface area (Å²) in [5.41, 5.74) is -1.84. The average Bonchev–Trinajstić information content (AvgIpc) is 2.90. The second-order valence-corrected chi connectivity index (χ2v) is 4.83. The van der Waals surface area contributed by atoms with Crippen molar-refractivity contribution in [3.8, 4) is 0 Å². The van der Waals surface area contributed by atoms with Crippen LogP contribution in [-0.4, -0.2) is 42.0 Å². The SMILES string of the molecule is CN(CC1CCCO1)C(=O)c1c(F)ccc([N+](=O)[O-])c1F.